The number of methoxy groups -OCH3 is 3. The number of rotatable bonds is 28. The summed E-state index contributed by atoms with van der Waals surface area (Å²) in [4.78, 5) is 46.0. The number of benzene rings is 5. The van der Waals surface area contributed by atoms with Gasteiger partial charge in [-0.15, -0.1) is 0 Å². The number of para-hydroxylation sites is 2. The van der Waals surface area contributed by atoms with Crippen LogP contribution in [0.5, 0.6) is 23.0 Å². The minimum atomic E-state index is -4.78. The van der Waals surface area contributed by atoms with Gasteiger partial charge in [0.25, 0.3) is 32.1 Å². The van der Waals surface area contributed by atoms with Crippen molar-refractivity contribution >= 4 is 88.0 Å². The lowest BCUT2D eigenvalue weighted by atomic mass is 10.1. The van der Waals surface area contributed by atoms with Crippen molar-refractivity contribution in [3.05, 3.63) is 124 Å². The highest BCUT2D eigenvalue weighted by Crippen LogP contribution is 2.45. The standard InChI is InChI=1S/C57H68N6O16S4/c1-57(2,81-80-21-14-52(53(58)64)82(67,68)69)34-61(15-16-76-19-20-77-18-17-73-3)39-23-35(32-78-50-29-43-41(27-48(50)74-4)55(65)62-40(31-59-43)25-37-10-6-8-12-45(37)62)22-36(24-39)33-79-51-30-44-42(28-49(51)75-5)56(66)63-46-13-9-7-11-38(46)26-47(63)54(60-44)83(70,71)72/h6-13,22-24,27-30,40,47,52,54,59-60H,14-21,25-26,31-34H2,1-5H3,(H2,58,64)(H,67,68,69)(H,70,71,72)/t40-,47-,52?,54?/m0/s1. The third-order valence-corrected chi connectivity index (χ3v) is 20.2. The first kappa shape index (κ1) is 61.1. The van der Waals surface area contributed by atoms with E-state index < -0.39 is 53.5 Å². The van der Waals surface area contributed by atoms with Crippen molar-refractivity contribution in [3.8, 4) is 23.0 Å². The number of ether oxygens (including phenoxy) is 7. The van der Waals surface area contributed by atoms with Gasteiger partial charge in [-0.3, -0.25) is 23.5 Å². The van der Waals surface area contributed by atoms with E-state index >= 15 is 0 Å². The van der Waals surface area contributed by atoms with Gasteiger partial charge in [-0.25, -0.2) is 0 Å². The Hall–Kier alpha value is -6.49. The molecule has 26 heteroatoms. The van der Waals surface area contributed by atoms with Gasteiger partial charge in [-0.2, -0.15) is 16.8 Å². The third-order valence-electron chi connectivity index (χ3n) is 14.6. The van der Waals surface area contributed by atoms with E-state index in [1.807, 2.05) is 67.3 Å². The Labute approximate surface area is 490 Å². The molecule has 5 aromatic rings. The number of fused-ring (bicyclic) bond motifs is 8. The fourth-order valence-corrected chi connectivity index (χ4v) is 15.1. The van der Waals surface area contributed by atoms with E-state index in [4.69, 9.17) is 38.9 Å². The molecule has 0 saturated heterocycles. The maximum absolute atomic E-state index is 14.5. The molecule has 2 unspecified atom stereocenters. The molecule has 22 nitrogen and oxygen atoms in total. The summed E-state index contributed by atoms with van der Waals surface area (Å²) in [7, 11) is -2.16. The highest BCUT2D eigenvalue weighted by atomic mass is 33.1. The van der Waals surface area contributed by atoms with E-state index in [9.17, 15) is 40.3 Å². The van der Waals surface area contributed by atoms with E-state index in [0.717, 1.165) is 22.5 Å². The molecule has 0 aromatic heterocycles. The summed E-state index contributed by atoms with van der Waals surface area (Å²) in [6.07, 6.45) is 0.693. The number of carbonyl (C=O) groups excluding carboxylic acids is 3. The first-order valence-electron chi connectivity index (χ1n) is 26.8. The van der Waals surface area contributed by atoms with Crippen LogP contribution in [0.15, 0.2) is 91.0 Å². The van der Waals surface area contributed by atoms with Crippen LogP contribution in [0.3, 0.4) is 0 Å². The monoisotopic (exact) mass is 1220 g/mol. The topological polar surface area (TPSA) is 284 Å². The minimum Gasteiger partial charge on any atom is -0.493 e. The summed E-state index contributed by atoms with van der Waals surface area (Å²) in [6, 6.07) is 26.2. The van der Waals surface area contributed by atoms with E-state index in [-0.39, 0.29) is 73.1 Å². The van der Waals surface area contributed by atoms with E-state index in [1.54, 1.807) is 37.4 Å². The van der Waals surface area contributed by atoms with Gasteiger partial charge in [0.1, 0.15) is 13.2 Å². The molecule has 83 heavy (non-hydrogen) atoms. The summed E-state index contributed by atoms with van der Waals surface area (Å²) in [5.74, 6) is -0.550. The maximum Gasteiger partial charge on any atom is 0.288 e. The molecule has 446 valence electrons. The van der Waals surface area contributed by atoms with Gasteiger partial charge in [0.15, 0.2) is 33.6 Å². The normalized spacial score (nSPS) is 17.6. The zero-order valence-corrected chi connectivity index (χ0v) is 49.8. The summed E-state index contributed by atoms with van der Waals surface area (Å²) in [5.41, 5.74) is 11.9. The SMILES string of the molecule is COCCOCCOCCN(CC(C)(C)SSCCC(C(N)=O)S(=O)(=O)O)c1cc(COc2cc3c(cc2OC)C(=O)N2c4ccccc4C[C@H]2CN3)cc(COc2cc3c(cc2OC)C(=O)N2c4ccccc4C[C@H]2C(S(=O)(=O)O)N3)c1. The highest BCUT2D eigenvalue weighted by molar-refractivity contribution is 8.77. The van der Waals surface area contributed by atoms with Crippen LogP contribution >= 0.6 is 21.6 Å². The van der Waals surface area contributed by atoms with E-state index in [0.29, 0.717) is 92.0 Å². The summed E-state index contributed by atoms with van der Waals surface area (Å²) >= 11 is 0. The molecule has 0 saturated carbocycles. The molecule has 4 aliphatic heterocycles. The second kappa shape index (κ2) is 26.2. The summed E-state index contributed by atoms with van der Waals surface area (Å²) in [6.45, 7) is 6.99. The fraction of sp³-hybridized carbons (Fsp3) is 0.421. The molecule has 5 aromatic carbocycles. The zero-order valence-electron chi connectivity index (χ0n) is 46.5. The fourth-order valence-electron chi connectivity index (χ4n) is 10.7. The van der Waals surface area contributed by atoms with E-state index in [2.05, 4.69) is 15.5 Å². The number of carbonyl (C=O) groups is 3. The molecule has 6 N–H and O–H groups in total. The van der Waals surface area contributed by atoms with Crippen LogP contribution in [0.25, 0.3) is 0 Å². The van der Waals surface area contributed by atoms with Crippen molar-refractivity contribution in [1.82, 2.24) is 0 Å². The van der Waals surface area contributed by atoms with Gasteiger partial charge in [-0.1, -0.05) is 58.0 Å². The minimum absolute atomic E-state index is 0.00398. The van der Waals surface area contributed by atoms with Gasteiger partial charge in [0, 0.05) is 66.4 Å². The van der Waals surface area contributed by atoms with Crippen molar-refractivity contribution in [3.63, 3.8) is 0 Å². The van der Waals surface area contributed by atoms with Gasteiger partial charge in [-0.05, 0) is 97.8 Å². The molecular formula is C57H68N6O16S4. The second-order valence-corrected chi connectivity index (χ2v) is 27.1. The van der Waals surface area contributed by atoms with Crippen LogP contribution in [-0.2, 0) is 65.3 Å². The number of nitrogens with one attached hydrogen (secondary N) is 2. The molecule has 9 rings (SSSR count). The lowest BCUT2D eigenvalue weighted by molar-refractivity contribution is -0.117. The number of amides is 3. The van der Waals surface area contributed by atoms with Crippen LogP contribution in [0.2, 0.25) is 0 Å². The third kappa shape index (κ3) is 14.2. The number of nitrogens with zero attached hydrogens (tertiary/aromatic N) is 3. The highest BCUT2D eigenvalue weighted by Gasteiger charge is 2.47. The molecule has 0 aliphatic carbocycles. The van der Waals surface area contributed by atoms with Crippen molar-refractivity contribution in [1.29, 1.82) is 0 Å². The molecule has 0 spiro atoms. The number of nitrogens with two attached hydrogens (primary N) is 1. The Morgan fingerprint density at radius 3 is 1.92 bits per heavy atom. The average Bonchev–Trinajstić information content (AvgIpc) is 4.07. The quantitative estimate of drug-likeness (QED) is 0.0194. The smallest absolute Gasteiger partial charge is 0.288 e. The molecule has 4 aliphatic rings. The Morgan fingerprint density at radius 2 is 1.31 bits per heavy atom. The van der Waals surface area contributed by atoms with Gasteiger partial charge in [0.05, 0.1) is 81.8 Å². The van der Waals surface area contributed by atoms with Crippen LogP contribution in [-0.4, -0.2) is 151 Å². The predicted octanol–water partition coefficient (Wildman–Crippen LogP) is 6.85. The average molecular weight is 1220 g/mol. The molecule has 0 fully saturated rings. The molecule has 0 radical (unpaired) electrons. The number of hydrogen-bond donors (Lipinski definition) is 5. The number of primary amides is 1. The first-order valence-corrected chi connectivity index (χ1v) is 32.1. The van der Waals surface area contributed by atoms with Crippen LogP contribution < -0.4 is 50.0 Å². The van der Waals surface area contributed by atoms with E-state index in [1.165, 1.54) is 52.8 Å². The Morgan fingerprint density at radius 1 is 0.747 bits per heavy atom. The number of hydrogen-bond acceptors (Lipinski definition) is 19. The summed E-state index contributed by atoms with van der Waals surface area (Å²) < 4.78 is 111. The van der Waals surface area contributed by atoms with Crippen molar-refractivity contribution < 1.29 is 73.5 Å². The van der Waals surface area contributed by atoms with Gasteiger partial charge in [0.2, 0.25) is 5.91 Å². The predicted molar refractivity (Wildman–Crippen MR) is 319 cm³/mol. The van der Waals surface area contributed by atoms with Crippen molar-refractivity contribution in [2.45, 2.75) is 73.8 Å². The van der Waals surface area contributed by atoms with Gasteiger partial charge < -0.3 is 64.2 Å². The van der Waals surface area contributed by atoms with Gasteiger partial charge >= 0.3 is 0 Å². The molecule has 3 amide bonds. The molecular weight excluding hydrogens is 1150 g/mol. The van der Waals surface area contributed by atoms with Crippen LogP contribution in [0, 0.1) is 0 Å². The first-order chi connectivity index (χ1) is 39.7. The molecule has 0 bridgehead atoms. The lowest BCUT2D eigenvalue weighted by Gasteiger charge is -2.34. The van der Waals surface area contributed by atoms with Crippen molar-refractivity contribution in [2.75, 3.05) is 105 Å². The second-order valence-electron chi connectivity index (χ2n) is 20.9. The summed E-state index contributed by atoms with van der Waals surface area (Å²) in [5, 5.41) is 3.11. The molecule has 4 atom stereocenters. The number of anilines is 5. The van der Waals surface area contributed by atoms with Crippen LogP contribution in [0.4, 0.5) is 28.4 Å². The van der Waals surface area contributed by atoms with Crippen molar-refractivity contribution in [2.24, 2.45) is 5.73 Å². The Bertz CT molecular complexity index is 3440. The maximum atomic E-state index is 14.5. The van der Waals surface area contributed by atoms with Crippen LogP contribution in [0.1, 0.15) is 63.2 Å². The largest absolute Gasteiger partial charge is 0.493 e. The zero-order chi connectivity index (χ0) is 59.2. The lowest BCUT2D eigenvalue weighted by Crippen LogP contribution is -2.49. The molecule has 4 heterocycles. The Kier molecular flexibility index (Phi) is 19.3. The Balaban J connectivity index is 1.03.